The first-order valence-corrected chi connectivity index (χ1v) is 10.6. The number of aromatic nitrogens is 3. The predicted octanol–water partition coefficient (Wildman–Crippen LogP) is 3.97. The average molecular weight is 393 g/mol. The van der Waals surface area contributed by atoms with Crippen molar-refractivity contribution in [2.24, 2.45) is 0 Å². The predicted molar refractivity (Wildman–Crippen MR) is 106 cm³/mol. The van der Waals surface area contributed by atoms with Crippen LogP contribution in [0.3, 0.4) is 0 Å². The fourth-order valence-corrected chi connectivity index (χ4v) is 3.98. The van der Waals surface area contributed by atoms with Crippen LogP contribution in [0.15, 0.2) is 35.5 Å². The number of ether oxygens (including phenoxy) is 1. The molecule has 1 fully saturated rings. The van der Waals surface area contributed by atoms with Gasteiger partial charge in [0.2, 0.25) is 0 Å². The Morgan fingerprint density at radius 2 is 2.12 bits per heavy atom. The van der Waals surface area contributed by atoms with Crippen molar-refractivity contribution in [2.75, 3.05) is 19.4 Å². The molecule has 140 valence electrons. The molecule has 1 aliphatic rings. The Labute approximate surface area is 163 Å². The van der Waals surface area contributed by atoms with Crippen LogP contribution in [0.25, 0.3) is 5.69 Å². The Morgan fingerprint density at radius 3 is 2.81 bits per heavy atom. The molecule has 1 aromatic heterocycles. The second-order valence-corrected chi connectivity index (χ2v) is 7.75. The van der Waals surface area contributed by atoms with Crippen LogP contribution < -0.4 is 0 Å². The lowest BCUT2D eigenvalue weighted by molar-refractivity contribution is 0.0953. The summed E-state index contributed by atoms with van der Waals surface area (Å²) in [5.41, 5.74) is 0.985. The molecule has 1 saturated heterocycles. The minimum absolute atomic E-state index is 0.0948. The standard InChI is InChI=1S/C18H24N4O2S2/c1-3-4-10-24-18(23)21-12-14(25)11-15(21)16-19-20-17(26-2)22(16)13-8-6-5-7-9-13/h5-9,14-15,25H,3-4,10-12H2,1-2H3/t14-,15+/m1/s1. The molecule has 8 heteroatoms. The van der Waals surface area contributed by atoms with Gasteiger partial charge >= 0.3 is 6.09 Å². The number of para-hydroxylation sites is 1. The molecule has 1 amide bonds. The molecule has 0 saturated carbocycles. The van der Waals surface area contributed by atoms with E-state index in [1.54, 1.807) is 4.90 Å². The largest absolute Gasteiger partial charge is 0.449 e. The van der Waals surface area contributed by atoms with Crippen molar-refractivity contribution in [3.8, 4) is 5.69 Å². The second-order valence-electron chi connectivity index (χ2n) is 6.24. The van der Waals surface area contributed by atoms with Crippen molar-refractivity contribution in [2.45, 2.75) is 42.6 Å². The molecule has 6 nitrogen and oxygen atoms in total. The fourth-order valence-electron chi connectivity index (χ4n) is 3.10. The van der Waals surface area contributed by atoms with Crippen LogP contribution in [0, 0.1) is 0 Å². The molecule has 1 aromatic carbocycles. The highest BCUT2D eigenvalue weighted by atomic mass is 32.2. The third kappa shape index (κ3) is 4.01. The summed E-state index contributed by atoms with van der Waals surface area (Å²) >= 11 is 6.14. The molecule has 2 heterocycles. The zero-order valence-electron chi connectivity index (χ0n) is 15.0. The van der Waals surface area contributed by atoms with E-state index in [1.807, 2.05) is 41.2 Å². The molecular formula is C18H24N4O2S2. The quantitative estimate of drug-likeness (QED) is 0.458. The minimum Gasteiger partial charge on any atom is -0.449 e. The summed E-state index contributed by atoms with van der Waals surface area (Å²) in [7, 11) is 0. The number of thioether (sulfide) groups is 1. The average Bonchev–Trinajstić information content (AvgIpc) is 3.25. The molecule has 0 unspecified atom stereocenters. The zero-order valence-corrected chi connectivity index (χ0v) is 16.7. The normalized spacial score (nSPS) is 19.7. The Bertz CT molecular complexity index is 738. The first-order valence-electron chi connectivity index (χ1n) is 8.81. The lowest BCUT2D eigenvalue weighted by Crippen LogP contribution is -2.33. The number of thiol groups is 1. The molecule has 2 aromatic rings. The number of hydrogen-bond donors (Lipinski definition) is 1. The summed E-state index contributed by atoms with van der Waals surface area (Å²) in [5.74, 6) is 0.754. The SMILES string of the molecule is CCCCOC(=O)N1C[C@H](S)C[C@H]1c1nnc(SC)n1-c1ccccc1. The van der Waals surface area contributed by atoms with Crippen molar-refractivity contribution in [1.82, 2.24) is 19.7 Å². The highest BCUT2D eigenvalue weighted by Crippen LogP contribution is 2.36. The van der Waals surface area contributed by atoms with Crippen LogP contribution in [0.4, 0.5) is 4.79 Å². The summed E-state index contributed by atoms with van der Waals surface area (Å²) in [5, 5.41) is 9.63. The number of carbonyl (C=O) groups excluding carboxylic acids is 1. The number of rotatable bonds is 6. The molecule has 3 rings (SSSR count). The first-order chi connectivity index (χ1) is 12.7. The molecule has 0 N–H and O–H groups in total. The van der Waals surface area contributed by atoms with Crippen LogP contribution in [-0.4, -0.2) is 50.4 Å². The van der Waals surface area contributed by atoms with Gasteiger partial charge in [-0.1, -0.05) is 43.3 Å². The number of carbonyl (C=O) groups is 1. The Hall–Kier alpha value is -1.67. The molecule has 1 aliphatic heterocycles. The van der Waals surface area contributed by atoms with E-state index in [1.165, 1.54) is 11.8 Å². The van der Waals surface area contributed by atoms with Gasteiger partial charge < -0.3 is 4.74 Å². The van der Waals surface area contributed by atoms with E-state index >= 15 is 0 Å². The number of likely N-dealkylation sites (tertiary alicyclic amines) is 1. The summed E-state index contributed by atoms with van der Waals surface area (Å²) in [6, 6.07) is 9.78. The number of benzene rings is 1. The minimum atomic E-state index is -0.298. The number of unbranched alkanes of at least 4 members (excludes halogenated alkanes) is 1. The van der Waals surface area contributed by atoms with Crippen molar-refractivity contribution in [1.29, 1.82) is 0 Å². The highest BCUT2D eigenvalue weighted by molar-refractivity contribution is 7.98. The van der Waals surface area contributed by atoms with Gasteiger partial charge in [-0.3, -0.25) is 9.47 Å². The van der Waals surface area contributed by atoms with E-state index in [9.17, 15) is 4.79 Å². The van der Waals surface area contributed by atoms with E-state index in [2.05, 4.69) is 29.7 Å². The maximum Gasteiger partial charge on any atom is 0.410 e. The van der Waals surface area contributed by atoms with Gasteiger partial charge in [0.05, 0.1) is 12.6 Å². The molecule has 26 heavy (non-hydrogen) atoms. The van der Waals surface area contributed by atoms with Crippen molar-refractivity contribution < 1.29 is 9.53 Å². The third-order valence-corrected chi connectivity index (χ3v) is 5.39. The summed E-state index contributed by atoms with van der Waals surface area (Å²) < 4.78 is 7.46. The molecule has 0 spiro atoms. The van der Waals surface area contributed by atoms with Crippen LogP contribution in [0.2, 0.25) is 0 Å². The smallest absolute Gasteiger partial charge is 0.410 e. The van der Waals surface area contributed by atoms with E-state index in [0.717, 1.165) is 35.9 Å². The lowest BCUT2D eigenvalue weighted by Gasteiger charge is -2.24. The van der Waals surface area contributed by atoms with Gasteiger partial charge in [-0.05, 0) is 31.2 Å². The molecular weight excluding hydrogens is 368 g/mol. The summed E-state index contributed by atoms with van der Waals surface area (Å²) in [4.78, 5) is 14.3. The van der Waals surface area contributed by atoms with Gasteiger partial charge in [0.25, 0.3) is 0 Å². The number of nitrogens with zero attached hydrogens (tertiary/aromatic N) is 4. The van der Waals surface area contributed by atoms with Gasteiger partial charge in [-0.25, -0.2) is 4.79 Å². The third-order valence-electron chi connectivity index (χ3n) is 4.39. The van der Waals surface area contributed by atoms with Crippen molar-refractivity contribution in [3.63, 3.8) is 0 Å². The van der Waals surface area contributed by atoms with E-state index in [0.29, 0.717) is 13.2 Å². The molecule has 0 radical (unpaired) electrons. The van der Waals surface area contributed by atoms with Gasteiger partial charge in [-0.2, -0.15) is 12.6 Å². The van der Waals surface area contributed by atoms with Gasteiger partial charge in [0, 0.05) is 17.5 Å². The summed E-state index contributed by atoms with van der Waals surface area (Å²) in [6.45, 7) is 3.06. The van der Waals surface area contributed by atoms with Crippen LogP contribution in [0.5, 0.6) is 0 Å². The van der Waals surface area contributed by atoms with Gasteiger partial charge in [0.15, 0.2) is 11.0 Å². The fraction of sp³-hybridized carbons (Fsp3) is 0.500. The van der Waals surface area contributed by atoms with Gasteiger partial charge in [0.1, 0.15) is 0 Å². The zero-order chi connectivity index (χ0) is 18.5. The highest BCUT2D eigenvalue weighted by Gasteiger charge is 2.39. The van der Waals surface area contributed by atoms with Crippen molar-refractivity contribution in [3.05, 3.63) is 36.2 Å². The Kier molecular flexibility index (Phi) is 6.48. The first kappa shape index (κ1) is 19.1. The van der Waals surface area contributed by atoms with E-state index < -0.39 is 0 Å². The van der Waals surface area contributed by atoms with Gasteiger partial charge in [-0.15, -0.1) is 10.2 Å². The number of hydrogen-bond acceptors (Lipinski definition) is 6. The molecule has 2 atom stereocenters. The molecule has 0 bridgehead atoms. The summed E-state index contributed by atoms with van der Waals surface area (Å²) in [6.07, 6.45) is 4.26. The van der Waals surface area contributed by atoms with E-state index in [4.69, 9.17) is 4.74 Å². The van der Waals surface area contributed by atoms with Crippen molar-refractivity contribution >= 4 is 30.5 Å². The van der Waals surface area contributed by atoms with E-state index in [-0.39, 0.29) is 17.4 Å². The Balaban J connectivity index is 1.91. The van der Waals surface area contributed by atoms with Crippen LogP contribution in [0.1, 0.15) is 38.1 Å². The Morgan fingerprint density at radius 1 is 1.35 bits per heavy atom. The van der Waals surface area contributed by atoms with Crippen LogP contribution >= 0.6 is 24.4 Å². The maximum atomic E-state index is 12.6. The monoisotopic (exact) mass is 392 g/mol. The molecule has 0 aliphatic carbocycles. The van der Waals surface area contributed by atoms with Crippen LogP contribution in [-0.2, 0) is 4.74 Å². The topological polar surface area (TPSA) is 60.2 Å². The number of amides is 1. The maximum absolute atomic E-state index is 12.6. The second kappa shape index (κ2) is 8.81. The lowest BCUT2D eigenvalue weighted by atomic mass is 10.2.